The molecule has 0 aromatic heterocycles. The van der Waals surface area contributed by atoms with Crippen molar-refractivity contribution in [2.75, 3.05) is 6.54 Å². The SMILES string of the molecule is Cc1ccc(SC2CCCC2)c(C(=O)NCC2(C(=O)O)CC2)c1. The van der Waals surface area contributed by atoms with Crippen LogP contribution in [0.15, 0.2) is 23.1 Å². The van der Waals surface area contributed by atoms with Crippen molar-refractivity contribution < 1.29 is 14.7 Å². The molecular weight excluding hydrogens is 310 g/mol. The molecule has 0 radical (unpaired) electrons. The molecular formula is C18H23NO3S. The predicted octanol–water partition coefficient (Wildman–Crippen LogP) is 3.62. The summed E-state index contributed by atoms with van der Waals surface area (Å²) in [6, 6.07) is 5.97. The van der Waals surface area contributed by atoms with E-state index in [2.05, 4.69) is 5.32 Å². The molecule has 1 amide bonds. The van der Waals surface area contributed by atoms with Crippen LogP contribution in [0.5, 0.6) is 0 Å². The minimum absolute atomic E-state index is 0.151. The van der Waals surface area contributed by atoms with Crippen LogP contribution < -0.4 is 5.32 Å². The molecule has 0 unspecified atom stereocenters. The van der Waals surface area contributed by atoms with E-state index in [0.717, 1.165) is 10.5 Å². The number of hydrogen-bond donors (Lipinski definition) is 2. The molecule has 23 heavy (non-hydrogen) atoms. The largest absolute Gasteiger partial charge is 0.481 e. The second-order valence-corrected chi connectivity index (χ2v) is 8.13. The van der Waals surface area contributed by atoms with Gasteiger partial charge in [0.1, 0.15) is 0 Å². The van der Waals surface area contributed by atoms with Crippen LogP contribution in [0.4, 0.5) is 0 Å². The smallest absolute Gasteiger partial charge is 0.311 e. The van der Waals surface area contributed by atoms with Crippen LogP contribution in [-0.4, -0.2) is 28.8 Å². The van der Waals surface area contributed by atoms with Crippen LogP contribution in [0.3, 0.4) is 0 Å². The average molecular weight is 333 g/mol. The molecule has 124 valence electrons. The van der Waals surface area contributed by atoms with Gasteiger partial charge in [-0.3, -0.25) is 9.59 Å². The summed E-state index contributed by atoms with van der Waals surface area (Å²) < 4.78 is 0. The topological polar surface area (TPSA) is 66.4 Å². The molecule has 1 aromatic rings. The molecule has 2 fully saturated rings. The first-order chi connectivity index (χ1) is 11.0. The highest BCUT2D eigenvalue weighted by Crippen LogP contribution is 2.45. The fourth-order valence-corrected chi connectivity index (χ4v) is 4.42. The average Bonchev–Trinajstić information content (AvgIpc) is 3.16. The van der Waals surface area contributed by atoms with Gasteiger partial charge in [0.05, 0.1) is 11.0 Å². The number of hydrogen-bond acceptors (Lipinski definition) is 3. The van der Waals surface area contributed by atoms with Gasteiger partial charge >= 0.3 is 5.97 Å². The van der Waals surface area contributed by atoms with Gasteiger partial charge in [-0.25, -0.2) is 0 Å². The van der Waals surface area contributed by atoms with Crippen molar-refractivity contribution in [3.63, 3.8) is 0 Å². The number of carboxylic acid groups (broad SMARTS) is 1. The summed E-state index contributed by atoms with van der Waals surface area (Å²) in [4.78, 5) is 24.8. The maximum absolute atomic E-state index is 12.6. The van der Waals surface area contributed by atoms with Gasteiger partial charge < -0.3 is 10.4 Å². The summed E-state index contributed by atoms with van der Waals surface area (Å²) >= 11 is 1.79. The van der Waals surface area contributed by atoms with E-state index in [1.165, 1.54) is 25.7 Å². The molecule has 2 aliphatic carbocycles. The highest BCUT2D eigenvalue weighted by Gasteiger charge is 2.50. The standard InChI is InChI=1S/C18H23NO3S/c1-12-6-7-15(23-13-4-2-3-5-13)14(10-12)16(20)19-11-18(8-9-18)17(21)22/h6-7,10,13H,2-5,8-9,11H2,1H3,(H,19,20)(H,21,22). The van der Waals surface area contributed by atoms with Crippen LogP contribution in [0, 0.1) is 12.3 Å². The summed E-state index contributed by atoms with van der Waals surface area (Å²) in [6.07, 6.45) is 6.27. The lowest BCUT2D eigenvalue weighted by Crippen LogP contribution is -2.34. The van der Waals surface area contributed by atoms with Crippen LogP contribution in [0.25, 0.3) is 0 Å². The number of carbonyl (C=O) groups excluding carboxylic acids is 1. The summed E-state index contributed by atoms with van der Waals surface area (Å²) in [5.41, 5.74) is 1.01. The van der Waals surface area contributed by atoms with Gasteiger partial charge in [-0.05, 0) is 44.7 Å². The fraction of sp³-hybridized carbons (Fsp3) is 0.556. The Hall–Kier alpha value is -1.49. The van der Waals surface area contributed by atoms with E-state index in [1.54, 1.807) is 11.8 Å². The Morgan fingerprint density at radius 1 is 1.30 bits per heavy atom. The Morgan fingerprint density at radius 3 is 2.61 bits per heavy atom. The summed E-state index contributed by atoms with van der Waals surface area (Å²) in [5, 5.41) is 12.7. The summed E-state index contributed by atoms with van der Waals surface area (Å²) in [6.45, 7) is 2.20. The van der Waals surface area contributed by atoms with Crippen molar-refractivity contribution in [1.82, 2.24) is 5.32 Å². The molecule has 4 nitrogen and oxygen atoms in total. The zero-order valence-electron chi connectivity index (χ0n) is 13.4. The Morgan fingerprint density at radius 2 is 2.00 bits per heavy atom. The molecule has 0 aliphatic heterocycles. The third kappa shape index (κ3) is 3.71. The lowest BCUT2D eigenvalue weighted by Gasteiger charge is -2.16. The zero-order chi connectivity index (χ0) is 16.4. The van der Waals surface area contributed by atoms with Crippen LogP contribution in [0.1, 0.15) is 54.4 Å². The lowest BCUT2D eigenvalue weighted by molar-refractivity contribution is -0.143. The molecule has 0 bridgehead atoms. The Balaban J connectivity index is 1.70. The van der Waals surface area contributed by atoms with Gasteiger partial charge in [-0.2, -0.15) is 0 Å². The number of aryl methyl sites for hydroxylation is 1. The molecule has 5 heteroatoms. The third-order valence-corrected chi connectivity index (χ3v) is 6.28. The van der Waals surface area contributed by atoms with E-state index in [9.17, 15) is 14.7 Å². The molecule has 2 N–H and O–H groups in total. The van der Waals surface area contributed by atoms with Crippen molar-refractivity contribution in [1.29, 1.82) is 0 Å². The lowest BCUT2D eigenvalue weighted by atomic mass is 10.1. The number of carbonyl (C=O) groups is 2. The van der Waals surface area contributed by atoms with Crippen molar-refractivity contribution >= 4 is 23.6 Å². The van der Waals surface area contributed by atoms with Gasteiger partial charge in [0.15, 0.2) is 0 Å². The Labute approximate surface area is 141 Å². The fourth-order valence-electron chi connectivity index (χ4n) is 3.07. The highest BCUT2D eigenvalue weighted by molar-refractivity contribution is 8.00. The number of rotatable bonds is 6. The molecule has 2 saturated carbocycles. The van der Waals surface area contributed by atoms with Gasteiger partial charge in [-0.1, -0.05) is 24.5 Å². The number of carboxylic acids is 1. The number of nitrogens with one attached hydrogen (secondary N) is 1. The van der Waals surface area contributed by atoms with Gasteiger partial charge in [0.25, 0.3) is 5.91 Å². The van der Waals surface area contributed by atoms with Crippen LogP contribution >= 0.6 is 11.8 Å². The summed E-state index contributed by atoms with van der Waals surface area (Å²) in [7, 11) is 0. The predicted molar refractivity (Wildman–Crippen MR) is 90.9 cm³/mol. The van der Waals surface area contributed by atoms with Crippen molar-refractivity contribution in [2.45, 2.75) is 55.6 Å². The number of aliphatic carboxylic acids is 1. The Bertz CT molecular complexity index is 619. The molecule has 0 spiro atoms. The first-order valence-electron chi connectivity index (χ1n) is 8.29. The van der Waals surface area contributed by atoms with Crippen LogP contribution in [0.2, 0.25) is 0 Å². The second kappa shape index (κ2) is 6.56. The highest BCUT2D eigenvalue weighted by atomic mass is 32.2. The van der Waals surface area contributed by atoms with E-state index >= 15 is 0 Å². The second-order valence-electron chi connectivity index (χ2n) is 6.79. The minimum Gasteiger partial charge on any atom is -0.481 e. The zero-order valence-corrected chi connectivity index (χ0v) is 14.2. The van der Waals surface area contributed by atoms with E-state index in [1.807, 2.05) is 25.1 Å². The first-order valence-corrected chi connectivity index (χ1v) is 9.17. The molecule has 3 rings (SSSR count). The molecule has 0 saturated heterocycles. The van der Waals surface area contributed by atoms with Gasteiger partial charge in [0, 0.05) is 16.7 Å². The number of thioether (sulfide) groups is 1. The summed E-state index contributed by atoms with van der Waals surface area (Å²) in [5.74, 6) is -0.954. The normalized spacial score (nSPS) is 19.5. The van der Waals surface area contributed by atoms with Crippen molar-refractivity contribution in [2.24, 2.45) is 5.41 Å². The van der Waals surface area contributed by atoms with Crippen LogP contribution in [-0.2, 0) is 4.79 Å². The maximum Gasteiger partial charge on any atom is 0.311 e. The molecule has 2 aliphatic rings. The van der Waals surface area contributed by atoms with Gasteiger partial charge in [-0.15, -0.1) is 11.8 Å². The maximum atomic E-state index is 12.6. The third-order valence-electron chi connectivity index (χ3n) is 4.87. The first kappa shape index (κ1) is 16.4. The molecule has 1 aromatic carbocycles. The van der Waals surface area contributed by atoms with E-state index in [0.29, 0.717) is 23.7 Å². The van der Waals surface area contributed by atoms with Gasteiger partial charge in [0.2, 0.25) is 0 Å². The molecule has 0 heterocycles. The minimum atomic E-state index is -0.803. The number of amides is 1. The van der Waals surface area contributed by atoms with E-state index in [4.69, 9.17) is 0 Å². The monoisotopic (exact) mass is 333 g/mol. The quantitative estimate of drug-likeness (QED) is 0.834. The van der Waals surface area contributed by atoms with Crippen molar-refractivity contribution in [3.8, 4) is 0 Å². The van der Waals surface area contributed by atoms with E-state index < -0.39 is 11.4 Å². The molecule has 0 atom stereocenters. The van der Waals surface area contributed by atoms with E-state index in [-0.39, 0.29) is 12.5 Å². The van der Waals surface area contributed by atoms with Crippen molar-refractivity contribution in [3.05, 3.63) is 29.3 Å². The number of benzene rings is 1. The Kier molecular flexibility index (Phi) is 4.67.